The quantitative estimate of drug-likeness (QED) is 0.836. The largest absolute Gasteiger partial charge is 0.396 e. The molecule has 1 heterocycles. The normalized spacial score (nSPS) is 17.6. The molecule has 0 radical (unpaired) electrons. The summed E-state index contributed by atoms with van der Waals surface area (Å²) in [5, 5.41) is 1.87. The predicted octanol–water partition coefficient (Wildman–Crippen LogP) is 2.25. The number of hydrogen-bond acceptors (Lipinski definition) is 4. The van der Waals surface area contributed by atoms with Gasteiger partial charge in [0, 0.05) is 13.1 Å². The van der Waals surface area contributed by atoms with Crippen LogP contribution in [0.25, 0.3) is 0 Å². The number of halogens is 2. The van der Waals surface area contributed by atoms with Crippen molar-refractivity contribution in [1.29, 1.82) is 0 Å². The van der Waals surface area contributed by atoms with Crippen LogP contribution in [-0.2, 0) is 10.0 Å². The zero-order valence-electron chi connectivity index (χ0n) is 10.2. The van der Waals surface area contributed by atoms with Gasteiger partial charge in [-0.15, -0.1) is 4.83 Å². The molecule has 8 heteroatoms. The predicted molar refractivity (Wildman–Crippen MR) is 76.6 cm³/mol. The van der Waals surface area contributed by atoms with E-state index in [0.29, 0.717) is 13.1 Å². The number of hydrogen-bond donors (Lipinski definition) is 2. The summed E-state index contributed by atoms with van der Waals surface area (Å²) in [5.74, 6) is 0. The van der Waals surface area contributed by atoms with Crippen LogP contribution in [-0.4, -0.2) is 26.5 Å². The number of rotatable bonds is 3. The molecule has 19 heavy (non-hydrogen) atoms. The molecule has 3 N–H and O–H groups in total. The number of nitrogens with two attached hydrogens (primary N) is 1. The third-order valence-electron chi connectivity index (χ3n) is 2.99. The highest BCUT2D eigenvalue weighted by Gasteiger charge is 2.24. The number of nitrogens with zero attached hydrogens (tertiary/aromatic N) is 1. The Morgan fingerprint density at radius 3 is 2.42 bits per heavy atom. The molecule has 1 aliphatic heterocycles. The Balaban J connectivity index is 2.26. The van der Waals surface area contributed by atoms with Crippen LogP contribution >= 0.6 is 23.2 Å². The van der Waals surface area contributed by atoms with E-state index in [1.807, 2.05) is 0 Å². The van der Waals surface area contributed by atoms with Crippen LogP contribution in [0.5, 0.6) is 0 Å². The number of sulfonamides is 1. The lowest BCUT2D eigenvalue weighted by Crippen LogP contribution is -2.44. The molecule has 0 atom stereocenters. The third kappa shape index (κ3) is 3.32. The summed E-state index contributed by atoms with van der Waals surface area (Å²) in [6.45, 7) is 1.39. The second-order valence-corrected chi connectivity index (χ2v) is 6.83. The van der Waals surface area contributed by atoms with E-state index in [9.17, 15) is 8.42 Å². The molecule has 1 aromatic carbocycles. The van der Waals surface area contributed by atoms with Crippen molar-refractivity contribution in [3.05, 3.63) is 22.2 Å². The summed E-state index contributed by atoms with van der Waals surface area (Å²) in [4.78, 5) is 2.47. The average Bonchev–Trinajstić information content (AvgIpc) is 2.36. The van der Waals surface area contributed by atoms with Crippen molar-refractivity contribution in [1.82, 2.24) is 9.84 Å². The van der Waals surface area contributed by atoms with Gasteiger partial charge >= 0.3 is 0 Å². The Labute approximate surface area is 122 Å². The van der Waals surface area contributed by atoms with Gasteiger partial charge in [0.25, 0.3) is 10.0 Å². The first-order valence-electron chi connectivity index (χ1n) is 5.92. The summed E-state index contributed by atoms with van der Waals surface area (Å²) in [6.07, 6.45) is 3.06. The van der Waals surface area contributed by atoms with Crippen LogP contribution in [0.1, 0.15) is 19.3 Å². The zero-order valence-corrected chi connectivity index (χ0v) is 12.5. The van der Waals surface area contributed by atoms with E-state index in [-0.39, 0.29) is 20.6 Å². The molecule has 0 unspecified atom stereocenters. The number of nitrogen functional groups attached to an aromatic ring is 1. The molecule has 0 aliphatic carbocycles. The van der Waals surface area contributed by atoms with Gasteiger partial charge < -0.3 is 5.73 Å². The maximum atomic E-state index is 12.2. The van der Waals surface area contributed by atoms with Gasteiger partial charge in [-0.2, -0.15) is 0 Å². The Hall–Kier alpha value is -0.530. The van der Waals surface area contributed by atoms with Gasteiger partial charge in [-0.05, 0) is 25.0 Å². The fraction of sp³-hybridized carbons (Fsp3) is 0.455. The molecule has 1 aliphatic rings. The highest BCUT2D eigenvalue weighted by molar-refractivity contribution is 7.89. The number of piperidine rings is 1. The lowest BCUT2D eigenvalue weighted by molar-refractivity contribution is 0.200. The SMILES string of the molecule is Nc1c(Cl)ccc(S(=O)(=O)NN2CCCCC2)c1Cl. The molecule has 0 amide bonds. The first-order valence-corrected chi connectivity index (χ1v) is 8.16. The zero-order chi connectivity index (χ0) is 14.0. The van der Waals surface area contributed by atoms with Gasteiger partial charge in [0.2, 0.25) is 0 Å². The van der Waals surface area contributed by atoms with Crippen molar-refractivity contribution in [3.63, 3.8) is 0 Å². The number of nitrogens with one attached hydrogen (secondary N) is 1. The Morgan fingerprint density at radius 2 is 1.79 bits per heavy atom. The van der Waals surface area contributed by atoms with Crippen LogP contribution in [0.2, 0.25) is 10.0 Å². The topological polar surface area (TPSA) is 75.4 Å². The minimum absolute atomic E-state index is 0.0444. The van der Waals surface area contributed by atoms with E-state index in [1.165, 1.54) is 12.1 Å². The molecular formula is C11H15Cl2N3O2S. The molecule has 2 rings (SSSR count). The van der Waals surface area contributed by atoms with Gasteiger partial charge in [0.1, 0.15) is 4.90 Å². The highest BCUT2D eigenvalue weighted by Crippen LogP contribution is 2.33. The van der Waals surface area contributed by atoms with Gasteiger partial charge in [0.15, 0.2) is 0 Å². The Morgan fingerprint density at radius 1 is 1.16 bits per heavy atom. The molecule has 0 bridgehead atoms. The van der Waals surface area contributed by atoms with Crippen LogP contribution < -0.4 is 10.6 Å². The lowest BCUT2D eigenvalue weighted by Gasteiger charge is -2.26. The fourth-order valence-corrected chi connectivity index (χ4v) is 3.85. The van der Waals surface area contributed by atoms with Gasteiger partial charge in [-0.1, -0.05) is 29.6 Å². The van der Waals surface area contributed by atoms with Crippen molar-refractivity contribution in [2.45, 2.75) is 24.2 Å². The smallest absolute Gasteiger partial charge is 0.255 e. The summed E-state index contributed by atoms with van der Waals surface area (Å²) < 4.78 is 24.5. The van der Waals surface area contributed by atoms with Crippen molar-refractivity contribution in [3.8, 4) is 0 Å². The van der Waals surface area contributed by atoms with Crippen molar-refractivity contribution >= 4 is 38.9 Å². The third-order valence-corrected chi connectivity index (χ3v) is 5.25. The van der Waals surface area contributed by atoms with Gasteiger partial charge in [-0.25, -0.2) is 13.4 Å². The molecule has 0 aromatic heterocycles. The van der Waals surface area contributed by atoms with Crippen molar-refractivity contribution < 1.29 is 8.42 Å². The molecule has 1 saturated heterocycles. The van der Waals surface area contributed by atoms with E-state index in [0.717, 1.165) is 19.3 Å². The van der Waals surface area contributed by atoms with Crippen LogP contribution in [0, 0.1) is 0 Å². The standard InChI is InChI=1S/C11H15Cl2N3O2S/c12-8-4-5-9(10(13)11(8)14)19(17,18)15-16-6-2-1-3-7-16/h4-5,15H,1-3,6-7,14H2. The number of anilines is 1. The monoisotopic (exact) mass is 323 g/mol. The molecule has 106 valence electrons. The first-order chi connectivity index (χ1) is 8.92. The minimum atomic E-state index is -3.72. The average molecular weight is 324 g/mol. The molecule has 0 saturated carbocycles. The summed E-state index contributed by atoms with van der Waals surface area (Å²) in [5.41, 5.74) is 5.72. The maximum Gasteiger partial charge on any atom is 0.255 e. The fourth-order valence-electron chi connectivity index (χ4n) is 1.96. The van der Waals surface area contributed by atoms with Crippen LogP contribution in [0.3, 0.4) is 0 Å². The summed E-state index contributed by atoms with van der Waals surface area (Å²) in [6, 6.07) is 2.78. The van der Waals surface area contributed by atoms with E-state index in [4.69, 9.17) is 28.9 Å². The Bertz CT molecular complexity index is 572. The second kappa shape index (κ2) is 5.85. The van der Waals surface area contributed by atoms with E-state index < -0.39 is 10.0 Å². The molecule has 1 aromatic rings. The number of hydrazine groups is 1. The highest BCUT2D eigenvalue weighted by atomic mass is 35.5. The lowest BCUT2D eigenvalue weighted by atomic mass is 10.2. The van der Waals surface area contributed by atoms with Gasteiger partial charge in [-0.3, -0.25) is 0 Å². The van der Waals surface area contributed by atoms with Crippen molar-refractivity contribution in [2.24, 2.45) is 0 Å². The molecule has 0 spiro atoms. The molecule has 5 nitrogen and oxygen atoms in total. The van der Waals surface area contributed by atoms with Crippen molar-refractivity contribution in [2.75, 3.05) is 18.8 Å². The van der Waals surface area contributed by atoms with Crippen LogP contribution in [0.15, 0.2) is 17.0 Å². The van der Waals surface area contributed by atoms with E-state index in [1.54, 1.807) is 5.01 Å². The minimum Gasteiger partial charge on any atom is -0.396 e. The number of benzene rings is 1. The molecular weight excluding hydrogens is 309 g/mol. The summed E-state index contributed by atoms with van der Waals surface area (Å²) >= 11 is 11.7. The van der Waals surface area contributed by atoms with E-state index >= 15 is 0 Å². The van der Waals surface area contributed by atoms with E-state index in [2.05, 4.69) is 4.83 Å². The Kier molecular flexibility index (Phi) is 4.58. The first kappa shape index (κ1) is 14.9. The van der Waals surface area contributed by atoms with Gasteiger partial charge in [0.05, 0.1) is 15.7 Å². The second-order valence-electron chi connectivity index (χ2n) is 4.42. The molecule has 1 fully saturated rings. The van der Waals surface area contributed by atoms with Crippen LogP contribution in [0.4, 0.5) is 5.69 Å². The summed E-state index contributed by atoms with van der Waals surface area (Å²) in [7, 11) is -3.72. The maximum absolute atomic E-state index is 12.2.